The molecule has 2 atom stereocenters. The van der Waals surface area contributed by atoms with Gasteiger partial charge in [0.2, 0.25) is 0 Å². The number of rotatable bonds is 2. The first kappa shape index (κ1) is 12.6. The second-order valence-corrected chi connectivity index (χ2v) is 5.68. The summed E-state index contributed by atoms with van der Waals surface area (Å²) < 4.78 is 0. The van der Waals surface area contributed by atoms with E-state index < -0.39 is 11.4 Å². The second-order valence-electron chi connectivity index (χ2n) is 4.42. The summed E-state index contributed by atoms with van der Waals surface area (Å²) in [6, 6.07) is 0. The maximum absolute atomic E-state index is 9.71. The lowest BCUT2D eigenvalue weighted by atomic mass is 10.1. The summed E-state index contributed by atoms with van der Waals surface area (Å²) in [5, 5.41) is 19.4. The molecule has 6 N–H and O–H groups in total. The van der Waals surface area contributed by atoms with E-state index in [2.05, 4.69) is 0 Å². The summed E-state index contributed by atoms with van der Waals surface area (Å²) in [5.74, 6) is 0. The lowest BCUT2D eigenvalue weighted by Gasteiger charge is -2.26. The monoisotopic (exact) mass is 252 g/mol. The summed E-state index contributed by atoms with van der Waals surface area (Å²) in [7, 11) is 0. The molecule has 0 aromatic rings. The third-order valence-electron chi connectivity index (χ3n) is 2.51. The third-order valence-corrected chi connectivity index (χ3v) is 3.60. The highest BCUT2D eigenvalue weighted by Gasteiger charge is 2.26. The van der Waals surface area contributed by atoms with Crippen molar-refractivity contribution in [2.75, 3.05) is 0 Å². The Hall–Kier alpha value is -0.850. The number of aliphatic hydroxyl groups is 2. The Bertz CT molecular complexity index is 394. The summed E-state index contributed by atoms with van der Waals surface area (Å²) in [5.41, 5.74) is 8.71. The third kappa shape index (κ3) is 3.55. The predicted molar refractivity (Wildman–Crippen MR) is 69.5 cm³/mol. The van der Waals surface area contributed by atoms with Gasteiger partial charge >= 0.3 is 0 Å². The van der Waals surface area contributed by atoms with Gasteiger partial charge in [0.25, 0.3) is 0 Å². The van der Waals surface area contributed by atoms with E-state index in [9.17, 15) is 10.2 Å². The van der Waals surface area contributed by atoms with E-state index in [1.165, 1.54) is 11.8 Å². The van der Waals surface area contributed by atoms with Crippen LogP contribution in [0.5, 0.6) is 0 Å². The highest BCUT2D eigenvalue weighted by Crippen LogP contribution is 2.37. The van der Waals surface area contributed by atoms with Crippen molar-refractivity contribution in [3.05, 3.63) is 46.3 Å². The fourth-order valence-corrected chi connectivity index (χ4v) is 2.98. The zero-order chi connectivity index (χ0) is 12.5. The van der Waals surface area contributed by atoms with E-state index in [-0.39, 0.29) is 0 Å². The minimum absolute atomic E-state index is 0.373. The molecule has 5 heteroatoms. The van der Waals surface area contributed by atoms with Crippen molar-refractivity contribution in [2.45, 2.75) is 24.3 Å². The number of thioether (sulfide) groups is 1. The lowest BCUT2D eigenvalue weighted by Crippen LogP contribution is -2.39. The Morgan fingerprint density at radius 2 is 1.35 bits per heavy atom. The molecule has 17 heavy (non-hydrogen) atoms. The normalized spacial score (nSPS) is 36.7. The predicted octanol–water partition coefficient (Wildman–Crippen LogP) is 0.702. The van der Waals surface area contributed by atoms with E-state index in [1.54, 1.807) is 24.3 Å². The Kier molecular flexibility index (Phi) is 3.29. The molecule has 92 valence electrons. The molecule has 0 heterocycles. The van der Waals surface area contributed by atoms with Gasteiger partial charge in [-0.05, 0) is 22.0 Å². The zero-order valence-electron chi connectivity index (χ0n) is 9.34. The van der Waals surface area contributed by atoms with Crippen molar-refractivity contribution in [2.24, 2.45) is 11.5 Å². The molecule has 0 aromatic carbocycles. The molecular weight excluding hydrogens is 236 g/mol. The van der Waals surface area contributed by atoms with Crippen LogP contribution in [0, 0.1) is 0 Å². The Morgan fingerprint density at radius 3 is 1.71 bits per heavy atom. The quantitative estimate of drug-likeness (QED) is 0.543. The topological polar surface area (TPSA) is 92.5 Å². The van der Waals surface area contributed by atoms with Crippen molar-refractivity contribution in [3.63, 3.8) is 0 Å². The number of hydrogen-bond donors (Lipinski definition) is 4. The average molecular weight is 252 g/mol. The molecule has 0 saturated carbocycles. The molecule has 0 spiro atoms. The molecule has 2 aliphatic rings. The van der Waals surface area contributed by atoms with Crippen LogP contribution in [0.25, 0.3) is 0 Å². The van der Waals surface area contributed by atoms with E-state index in [4.69, 9.17) is 11.5 Å². The van der Waals surface area contributed by atoms with Crippen LogP contribution in [-0.4, -0.2) is 21.7 Å². The molecular formula is C12H16N2O2S. The molecule has 0 amide bonds. The molecule has 2 rings (SSSR count). The summed E-state index contributed by atoms with van der Waals surface area (Å²) in [6.07, 6.45) is 11.1. The average Bonchev–Trinajstić information content (AvgIpc) is 2.13. The van der Waals surface area contributed by atoms with Crippen LogP contribution in [0.3, 0.4) is 0 Å². The van der Waals surface area contributed by atoms with Gasteiger partial charge in [-0.2, -0.15) is 0 Å². The van der Waals surface area contributed by atoms with Gasteiger partial charge in [0.15, 0.2) is 0 Å². The van der Waals surface area contributed by atoms with Crippen LogP contribution in [0.1, 0.15) is 12.8 Å². The Balaban J connectivity index is 2.04. The van der Waals surface area contributed by atoms with Crippen molar-refractivity contribution >= 4 is 11.8 Å². The van der Waals surface area contributed by atoms with E-state index in [0.717, 1.165) is 9.81 Å². The Labute approximate surface area is 104 Å². The highest BCUT2D eigenvalue weighted by molar-refractivity contribution is 8.06. The van der Waals surface area contributed by atoms with Gasteiger partial charge in [-0.1, -0.05) is 36.1 Å². The van der Waals surface area contributed by atoms with Crippen LogP contribution < -0.4 is 11.5 Å². The van der Waals surface area contributed by atoms with Crippen LogP contribution in [0.15, 0.2) is 46.3 Å². The summed E-state index contributed by atoms with van der Waals surface area (Å²) in [6.45, 7) is 0. The fraction of sp³-hybridized carbons (Fsp3) is 0.333. The minimum atomic E-state index is -1.28. The van der Waals surface area contributed by atoms with Crippen molar-refractivity contribution in [3.8, 4) is 0 Å². The van der Waals surface area contributed by atoms with Crippen molar-refractivity contribution in [1.82, 2.24) is 0 Å². The van der Waals surface area contributed by atoms with Gasteiger partial charge in [0.1, 0.15) is 11.4 Å². The molecule has 4 nitrogen and oxygen atoms in total. The first-order valence-corrected chi connectivity index (χ1v) is 6.15. The van der Waals surface area contributed by atoms with Crippen LogP contribution in [0.4, 0.5) is 0 Å². The lowest BCUT2D eigenvalue weighted by molar-refractivity contribution is 0.0993. The zero-order valence-corrected chi connectivity index (χ0v) is 10.2. The highest BCUT2D eigenvalue weighted by atomic mass is 32.2. The van der Waals surface area contributed by atoms with Crippen LogP contribution >= 0.6 is 11.8 Å². The van der Waals surface area contributed by atoms with Gasteiger partial charge in [-0.25, -0.2) is 0 Å². The molecule has 0 fully saturated rings. The molecule has 0 aromatic heterocycles. The van der Waals surface area contributed by atoms with E-state index in [0.29, 0.717) is 12.8 Å². The molecule has 0 bridgehead atoms. The Morgan fingerprint density at radius 1 is 0.941 bits per heavy atom. The molecule has 0 aliphatic heterocycles. The fourth-order valence-electron chi connectivity index (χ4n) is 1.75. The van der Waals surface area contributed by atoms with Gasteiger partial charge in [0, 0.05) is 12.8 Å². The minimum Gasteiger partial charge on any atom is -0.372 e. The van der Waals surface area contributed by atoms with Crippen LogP contribution in [0.2, 0.25) is 0 Å². The molecule has 0 saturated heterocycles. The van der Waals surface area contributed by atoms with Crippen molar-refractivity contribution < 1.29 is 10.2 Å². The maximum atomic E-state index is 9.71. The smallest absolute Gasteiger partial charge is 0.137 e. The number of allylic oxidation sites excluding steroid dienone is 4. The molecule has 2 aliphatic carbocycles. The first-order valence-electron chi connectivity index (χ1n) is 5.34. The SMILES string of the molecule is NC1(O)C=CC=C(SC2=CC=CC(N)(O)C2)C1. The molecule has 0 radical (unpaired) electrons. The summed E-state index contributed by atoms with van der Waals surface area (Å²) in [4.78, 5) is 1.91. The van der Waals surface area contributed by atoms with E-state index >= 15 is 0 Å². The standard InChI is InChI=1S/C12H16N2O2S/c13-11(15)5-1-3-9(7-11)17-10-4-2-6-12(14,16)8-10/h1-6,15-16H,7-8,13-14H2. The van der Waals surface area contributed by atoms with Crippen molar-refractivity contribution in [1.29, 1.82) is 0 Å². The van der Waals surface area contributed by atoms with Gasteiger partial charge < -0.3 is 10.2 Å². The van der Waals surface area contributed by atoms with Gasteiger partial charge in [-0.15, -0.1) is 0 Å². The summed E-state index contributed by atoms with van der Waals surface area (Å²) >= 11 is 1.49. The maximum Gasteiger partial charge on any atom is 0.137 e. The molecule has 2 unspecified atom stereocenters. The number of hydrogen-bond acceptors (Lipinski definition) is 5. The number of nitrogens with two attached hydrogens (primary N) is 2. The first-order chi connectivity index (χ1) is 7.86. The van der Waals surface area contributed by atoms with Crippen LogP contribution in [-0.2, 0) is 0 Å². The van der Waals surface area contributed by atoms with Gasteiger partial charge in [-0.3, -0.25) is 11.5 Å². The van der Waals surface area contributed by atoms with Gasteiger partial charge in [0.05, 0.1) is 0 Å². The van der Waals surface area contributed by atoms with E-state index in [1.807, 2.05) is 12.2 Å². The second kappa shape index (κ2) is 4.44. The largest absolute Gasteiger partial charge is 0.372 e.